The van der Waals surface area contributed by atoms with Crippen LogP contribution in [0.5, 0.6) is 5.75 Å². The molecule has 1 atom stereocenters. The first kappa shape index (κ1) is 17.4. The fourth-order valence-electron chi connectivity index (χ4n) is 2.72. The number of fused-ring (bicyclic) bond motifs is 1. The molecule has 0 unspecified atom stereocenters. The summed E-state index contributed by atoms with van der Waals surface area (Å²) in [7, 11) is 0. The zero-order valence-corrected chi connectivity index (χ0v) is 14.2. The van der Waals surface area contributed by atoms with Gasteiger partial charge in [-0.2, -0.15) is 0 Å². The lowest BCUT2D eigenvalue weighted by Crippen LogP contribution is -2.21. The Bertz CT molecular complexity index is 975. The summed E-state index contributed by atoms with van der Waals surface area (Å²) in [5.41, 5.74) is 2.39. The quantitative estimate of drug-likeness (QED) is 0.406. The van der Waals surface area contributed by atoms with Crippen molar-refractivity contribution in [2.45, 2.75) is 19.4 Å². The Kier molecular flexibility index (Phi) is 5.12. The van der Waals surface area contributed by atoms with E-state index < -0.39 is 18.0 Å². The van der Waals surface area contributed by atoms with E-state index in [0.717, 1.165) is 16.5 Å². The number of aromatic amines is 1. The van der Waals surface area contributed by atoms with Gasteiger partial charge in [0.15, 0.2) is 6.04 Å². The number of nitrogens with zero attached hydrogens (tertiary/aromatic N) is 1. The first-order valence-corrected chi connectivity index (χ1v) is 8.13. The maximum absolute atomic E-state index is 11.6. The maximum atomic E-state index is 11.6. The minimum atomic E-state index is -1.02. The minimum absolute atomic E-state index is 0.256. The topological polar surface area (TPSA) is 91.8 Å². The van der Waals surface area contributed by atoms with E-state index in [-0.39, 0.29) is 6.42 Å². The van der Waals surface area contributed by atoms with Gasteiger partial charge in [0.2, 0.25) is 0 Å². The number of esters is 1. The van der Waals surface area contributed by atoms with Crippen molar-refractivity contribution in [2.24, 2.45) is 4.99 Å². The summed E-state index contributed by atoms with van der Waals surface area (Å²) in [5, 5.41) is 10.5. The molecule has 0 radical (unpaired) electrons. The summed E-state index contributed by atoms with van der Waals surface area (Å²) in [6.07, 6.45) is 3.50. The van der Waals surface area contributed by atoms with Gasteiger partial charge >= 0.3 is 11.9 Å². The fourth-order valence-corrected chi connectivity index (χ4v) is 2.72. The van der Waals surface area contributed by atoms with Crippen LogP contribution in [0, 0.1) is 0 Å². The molecule has 3 aromatic rings. The molecule has 0 aliphatic rings. The van der Waals surface area contributed by atoms with Crippen LogP contribution in [0.2, 0.25) is 0 Å². The Hall–Kier alpha value is -3.41. The molecule has 1 aromatic heterocycles. The number of hydrogen-bond acceptors (Lipinski definition) is 4. The molecule has 6 heteroatoms. The van der Waals surface area contributed by atoms with E-state index in [1.165, 1.54) is 13.1 Å². The van der Waals surface area contributed by atoms with Crippen molar-refractivity contribution in [3.05, 3.63) is 65.9 Å². The van der Waals surface area contributed by atoms with E-state index in [2.05, 4.69) is 9.98 Å². The second-order valence-corrected chi connectivity index (χ2v) is 5.83. The number of rotatable bonds is 6. The number of carboxylic acid groups (broad SMARTS) is 1. The molecule has 0 saturated carbocycles. The van der Waals surface area contributed by atoms with Crippen LogP contribution in [0.15, 0.2) is 59.7 Å². The summed E-state index contributed by atoms with van der Waals surface area (Å²) in [6.45, 7) is 1.31. The molecule has 2 aromatic carbocycles. The largest absolute Gasteiger partial charge is 0.480 e. The number of hydrogen-bond donors (Lipinski definition) is 2. The van der Waals surface area contributed by atoms with Crippen molar-refractivity contribution < 1.29 is 19.4 Å². The summed E-state index contributed by atoms with van der Waals surface area (Å²) in [6, 6.07) is 13.6. The van der Waals surface area contributed by atoms with Gasteiger partial charge in [0.25, 0.3) is 0 Å². The Morgan fingerprint density at radius 2 is 1.92 bits per heavy atom. The molecule has 6 nitrogen and oxygen atoms in total. The van der Waals surface area contributed by atoms with Crippen LogP contribution in [0.4, 0.5) is 0 Å². The molecule has 0 spiro atoms. The number of aliphatic carboxylic acids is 1. The first-order valence-electron chi connectivity index (χ1n) is 8.13. The van der Waals surface area contributed by atoms with E-state index in [4.69, 9.17) is 4.74 Å². The normalized spacial score (nSPS) is 12.3. The van der Waals surface area contributed by atoms with Gasteiger partial charge in [-0.25, -0.2) is 4.79 Å². The highest BCUT2D eigenvalue weighted by atomic mass is 16.5. The maximum Gasteiger partial charge on any atom is 0.328 e. The molecule has 0 amide bonds. The second-order valence-electron chi connectivity index (χ2n) is 5.83. The van der Waals surface area contributed by atoms with E-state index in [0.29, 0.717) is 11.3 Å². The number of aliphatic imine (C=N–C) groups is 1. The molecular weight excluding hydrogens is 332 g/mol. The van der Waals surface area contributed by atoms with Crippen molar-refractivity contribution in [1.29, 1.82) is 0 Å². The molecule has 26 heavy (non-hydrogen) atoms. The molecular formula is C20H18N2O4. The Morgan fingerprint density at radius 3 is 2.69 bits per heavy atom. The van der Waals surface area contributed by atoms with Crippen molar-refractivity contribution in [3.63, 3.8) is 0 Å². The highest BCUT2D eigenvalue weighted by Crippen LogP contribution is 2.21. The van der Waals surface area contributed by atoms with Crippen LogP contribution in [-0.2, 0) is 16.0 Å². The van der Waals surface area contributed by atoms with E-state index in [9.17, 15) is 14.7 Å². The summed E-state index contributed by atoms with van der Waals surface area (Å²) < 4.78 is 5.12. The van der Waals surface area contributed by atoms with Crippen molar-refractivity contribution in [3.8, 4) is 5.75 Å². The lowest BCUT2D eigenvalue weighted by atomic mass is 10.1. The van der Waals surface area contributed by atoms with Crippen molar-refractivity contribution in [2.75, 3.05) is 0 Å². The zero-order valence-electron chi connectivity index (χ0n) is 14.2. The third kappa shape index (κ3) is 3.97. The standard InChI is InChI=1S/C20H18N2O4/c1-13(23)26-19-9-5-2-6-14(19)11-22-18(20(24)25)10-15-12-21-17-8-4-3-7-16(15)17/h2-9,11-12,18,21H,10H2,1H3,(H,24,25)/t18-/m0/s1. The SMILES string of the molecule is CC(=O)Oc1ccccc1C=N[C@@H](Cc1c[nH]c2ccccc12)C(=O)O. The average molecular weight is 350 g/mol. The molecule has 132 valence electrons. The van der Waals surface area contributed by atoms with Gasteiger partial charge in [-0.3, -0.25) is 9.79 Å². The Morgan fingerprint density at radius 1 is 1.19 bits per heavy atom. The molecule has 1 heterocycles. The van der Waals surface area contributed by atoms with Gasteiger partial charge in [0.1, 0.15) is 5.75 Å². The van der Waals surface area contributed by atoms with Crippen LogP contribution < -0.4 is 4.74 Å². The number of aromatic nitrogens is 1. The van der Waals surface area contributed by atoms with Crippen molar-refractivity contribution in [1.82, 2.24) is 4.98 Å². The molecule has 2 N–H and O–H groups in total. The van der Waals surface area contributed by atoms with Gasteiger partial charge < -0.3 is 14.8 Å². The number of carboxylic acids is 1. The number of carbonyl (C=O) groups is 2. The first-order chi connectivity index (χ1) is 12.5. The predicted octanol–water partition coefficient (Wildman–Crippen LogP) is 3.21. The summed E-state index contributed by atoms with van der Waals surface area (Å²) in [5.74, 6) is -1.11. The monoisotopic (exact) mass is 350 g/mol. The molecule has 0 aliphatic heterocycles. The van der Waals surface area contributed by atoms with Gasteiger partial charge in [-0.1, -0.05) is 30.3 Å². The summed E-state index contributed by atoms with van der Waals surface area (Å²) >= 11 is 0. The lowest BCUT2D eigenvalue weighted by molar-refractivity contribution is -0.138. The van der Waals surface area contributed by atoms with E-state index in [1.807, 2.05) is 30.5 Å². The van der Waals surface area contributed by atoms with Gasteiger partial charge in [0.05, 0.1) is 0 Å². The molecule has 3 rings (SSSR count). The number of benzene rings is 2. The highest BCUT2D eigenvalue weighted by molar-refractivity contribution is 5.88. The van der Waals surface area contributed by atoms with Crippen molar-refractivity contribution >= 4 is 29.1 Å². The number of nitrogens with one attached hydrogen (secondary N) is 1. The summed E-state index contributed by atoms with van der Waals surface area (Å²) in [4.78, 5) is 30.2. The van der Waals surface area contributed by atoms with Crippen LogP contribution in [0.1, 0.15) is 18.1 Å². The number of ether oxygens (including phenoxy) is 1. The lowest BCUT2D eigenvalue weighted by Gasteiger charge is -2.08. The van der Waals surface area contributed by atoms with Gasteiger partial charge in [-0.05, 0) is 23.8 Å². The highest BCUT2D eigenvalue weighted by Gasteiger charge is 2.18. The molecule has 0 aliphatic carbocycles. The molecule has 0 bridgehead atoms. The predicted molar refractivity (Wildman–Crippen MR) is 98.8 cm³/mol. The third-order valence-corrected chi connectivity index (χ3v) is 3.94. The Balaban J connectivity index is 1.84. The van der Waals surface area contributed by atoms with E-state index in [1.54, 1.807) is 24.3 Å². The van der Waals surface area contributed by atoms with Crippen LogP contribution >= 0.6 is 0 Å². The fraction of sp³-hybridized carbons (Fsp3) is 0.150. The molecule has 0 fully saturated rings. The minimum Gasteiger partial charge on any atom is -0.480 e. The third-order valence-electron chi connectivity index (χ3n) is 3.94. The number of carbonyl (C=O) groups excluding carboxylic acids is 1. The van der Waals surface area contributed by atoms with Crippen LogP contribution in [-0.4, -0.2) is 34.3 Å². The second kappa shape index (κ2) is 7.65. The van der Waals surface area contributed by atoms with Crippen LogP contribution in [0.3, 0.4) is 0 Å². The Labute approximate surface area is 150 Å². The average Bonchev–Trinajstić information content (AvgIpc) is 3.02. The molecule has 0 saturated heterocycles. The van der Waals surface area contributed by atoms with E-state index >= 15 is 0 Å². The van der Waals surface area contributed by atoms with Gasteiger partial charge in [0, 0.05) is 42.2 Å². The van der Waals surface area contributed by atoms with Gasteiger partial charge in [-0.15, -0.1) is 0 Å². The number of para-hydroxylation sites is 2. The van der Waals surface area contributed by atoms with Crippen LogP contribution in [0.25, 0.3) is 10.9 Å². The number of H-pyrrole nitrogens is 1. The smallest absolute Gasteiger partial charge is 0.328 e. The zero-order chi connectivity index (χ0) is 18.5.